The Morgan fingerprint density at radius 2 is 0.850 bits per heavy atom. The third-order valence-electron chi connectivity index (χ3n) is 2.71. The van der Waals surface area contributed by atoms with Gasteiger partial charge in [-0.25, -0.2) is 0 Å². The van der Waals surface area contributed by atoms with Gasteiger partial charge in [-0.05, 0) is 34.4 Å². The fourth-order valence-electron chi connectivity index (χ4n) is 1.80. The largest absolute Gasteiger partial charge is 0.107 e. The van der Waals surface area contributed by atoms with Crippen molar-refractivity contribution < 1.29 is 0 Å². The predicted molar refractivity (Wildman–Crippen MR) is 91.2 cm³/mol. The second-order valence-corrected chi connectivity index (χ2v) is 6.13. The van der Waals surface area contributed by atoms with Gasteiger partial charge in [0.25, 0.3) is 0 Å². The Bertz CT molecular complexity index is 570. The molecule has 20 heavy (non-hydrogen) atoms. The summed E-state index contributed by atoms with van der Waals surface area (Å²) in [5, 5.41) is 0. The van der Waals surface area contributed by atoms with Crippen LogP contribution in [-0.2, 0) is 0 Å². The van der Waals surface area contributed by atoms with Gasteiger partial charge in [-0.2, -0.15) is 0 Å². The summed E-state index contributed by atoms with van der Waals surface area (Å²) in [7, 11) is 0. The zero-order chi connectivity index (χ0) is 14.5. The highest BCUT2D eigenvalue weighted by atomic mass is 35.5. The van der Waals surface area contributed by atoms with Crippen LogP contribution in [0.15, 0.2) is 57.5 Å². The minimum absolute atomic E-state index is 0.242. The van der Waals surface area contributed by atoms with Gasteiger partial charge in [0.15, 0.2) is 0 Å². The van der Waals surface area contributed by atoms with Crippen LogP contribution in [-0.4, -0.2) is 0 Å². The van der Waals surface area contributed by atoms with Crippen LogP contribution in [0.5, 0.6) is 0 Å². The van der Waals surface area contributed by atoms with Crippen molar-refractivity contribution in [2.75, 3.05) is 0 Å². The molecular formula is C16H10Cl4. The van der Waals surface area contributed by atoms with E-state index in [2.05, 4.69) is 0 Å². The molecule has 0 spiro atoms. The molecule has 0 aliphatic rings. The monoisotopic (exact) mass is 342 g/mol. The maximum atomic E-state index is 5.63. The molecule has 0 aromatic heterocycles. The Labute approximate surface area is 138 Å². The van der Waals surface area contributed by atoms with Crippen LogP contribution >= 0.6 is 46.4 Å². The van der Waals surface area contributed by atoms with Crippen LogP contribution in [0.25, 0.3) is 23.3 Å². The predicted octanol–water partition coefficient (Wildman–Crippen LogP) is 6.91. The van der Waals surface area contributed by atoms with Crippen LogP contribution < -0.4 is 0 Å². The van der Waals surface area contributed by atoms with Gasteiger partial charge in [0.1, 0.15) is 8.98 Å². The molecule has 0 nitrogen and oxygen atoms in total. The Hall–Kier alpha value is -0.920. The lowest BCUT2D eigenvalue weighted by atomic mass is 10.0. The van der Waals surface area contributed by atoms with Crippen LogP contribution in [0.4, 0.5) is 0 Å². The van der Waals surface area contributed by atoms with Gasteiger partial charge in [0, 0.05) is 0 Å². The van der Waals surface area contributed by atoms with Gasteiger partial charge in [0.2, 0.25) is 0 Å². The zero-order valence-electron chi connectivity index (χ0n) is 10.3. The lowest BCUT2D eigenvalue weighted by molar-refractivity contribution is 1.58. The van der Waals surface area contributed by atoms with E-state index in [4.69, 9.17) is 46.4 Å². The van der Waals surface area contributed by atoms with Gasteiger partial charge >= 0.3 is 0 Å². The first-order chi connectivity index (χ1) is 9.54. The lowest BCUT2D eigenvalue weighted by Gasteiger charge is -2.03. The molecule has 0 heterocycles. The maximum Gasteiger partial charge on any atom is 0.107 e. The summed E-state index contributed by atoms with van der Waals surface area (Å²) in [5.41, 5.74) is 4.14. The molecule has 0 saturated heterocycles. The highest BCUT2D eigenvalue weighted by Crippen LogP contribution is 2.23. The molecule has 0 aliphatic carbocycles. The molecule has 0 amide bonds. The number of rotatable bonds is 3. The summed E-state index contributed by atoms with van der Waals surface area (Å²) in [6.07, 6.45) is 3.40. The van der Waals surface area contributed by atoms with Crippen molar-refractivity contribution in [3.05, 3.63) is 68.6 Å². The Morgan fingerprint density at radius 1 is 0.550 bits per heavy atom. The Balaban J connectivity index is 2.24. The molecule has 0 fully saturated rings. The van der Waals surface area contributed by atoms with Crippen molar-refractivity contribution >= 4 is 58.6 Å². The number of benzene rings is 2. The summed E-state index contributed by atoms with van der Waals surface area (Å²) in [5.74, 6) is 0. The first-order valence-corrected chi connectivity index (χ1v) is 7.32. The summed E-state index contributed by atoms with van der Waals surface area (Å²) < 4.78 is 0.485. The fourth-order valence-corrected chi connectivity index (χ4v) is 2.30. The van der Waals surface area contributed by atoms with Crippen LogP contribution in [0.2, 0.25) is 0 Å². The first kappa shape index (κ1) is 15.5. The Kier molecular flexibility index (Phi) is 5.56. The van der Waals surface area contributed by atoms with Gasteiger partial charge in [0.05, 0.1) is 0 Å². The van der Waals surface area contributed by atoms with Crippen molar-refractivity contribution in [2.24, 2.45) is 0 Å². The van der Waals surface area contributed by atoms with Gasteiger partial charge < -0.3 is 0 Å². The third kappa shape index (κ3) is 4.57. The highest BCUT2D eigenvalue weighted by Gasteiger charge is 1.98. The number of halogens is 4. The molecule has 2 aromatic carbocycles. The zero-order valence-corrected chi connectivity index (χ0v) is 13.3. The summed E-state index contributed by atoms with van der Waals surface area (Å²) >= 11 is 22.5. The van der Waals surface area contributed by atoms with E-state index >= 15 is 0 Å². The fraction of sp³-hybridized carbons (Fsp3) is 0. The molecule has 0 aliphatic heterocycles. The standard InChI is InChI=1S/C16H10Cl4/c17-15(18)9-11-1-5-13(6-2-11)14-7-3-12(4-8-14)10-16(19)20/h1-10H. The number of hydrogen-bond donors (Lipinski definition) is 0. The SMILES string of the molecule is ClC(Cl)=Cc1ccc(-c2ccc(C=C(Cl)Cl)cc2)cc1. The van der Waals surface area contributed by atoms with Crippen LogP contribution in [0, 0.1) is 0 Å². The summed E-state index contributed by atoms with van der Waals surface area (Å²) in [6.45, 7) is 0. The van der Waals surface area contributed by atoms with E-state index in [0.717, 1.165) is 22.3 Å². The lowest BCUT2D eigenvalue weighted by Crippen LogP contribution is -1.80. The van der Waals surface area contributed by atoms with Crippen molar-refractivity contribution in [3.8, 4) is 11.1 Å². The van der Waals surface area contributed by atoms with Gasteiger partial charge in [-0.3, -0.25) is 0 Å². The Morgan fingerprint density at radius 3 is 1.10 bits per heavy atom. The van der Waals surface area contributed by atoms with Crippen LogP contribution in [0.3, 0.4) is 0 Å². The topological polar surface area (TPSA) is 0 Å². The molecule has 0 radical (unpaired) electrons. The van der Waals surface area contributed by atoms with Gasteiger partial charge in [-0.1, -0.05) is 94.9 Å². The van der Waals surface area contributed by atoms with E-state index in [-0.39, 0.29) is 8.98 Å². The smallest absolute Gasteiger partial charge is 0.0709 e. The molecule has 0 saturated carbocycles. The van der Waals surface area contributed by atoms with Crippen molar-refractivity contribution in [3.63, 3.8) is 0 Å². The van der Waals surface area contributed by atoms with Crippen molar-refractivity contribution in [2.45, 2.75) is 0 Å². The number of hydrogen-bond acceptors (Lipinski definition) is 0. The quantitative estimate of drug-likeness (QED) is 0.568. The molecule has 4 heteroatoms. The van der Waals surface area contributed by atoms with E-state index < -0.39 is 0 Å². The minimum atomic E-state index is 0.242. The molecule has 2 aromatic rings. The second-order valence-electron chi connectivity index (χ2n) is 4.11. The molecule has 0 bridgehead atoms. The molecule has 0 unspecified atom stereocenters. The molecule has 102 valence electrons. The van der Waals surface area contributed by atoms with Crippen molar-refractivity contribution in [1.29, 1.82) is 0 Å². The molecule has 0 N–H and O–H groups in total. The maximum absolute atomic E-state index is 5.63. The second kappa shape index (κ2) is 7.19. The third-order valence-corrected chi connectivity index (χ3v) is 3.14. The van der Waals surface area contributed by atoms with Crippen LogP contribution in [0.1, 0.15) is 11.1 Å². The van der Waals surface area contributed by atoms with E-state index in [1.165, 1.54) is 0 Å². The van der Waals surface area contributed by atoms with E-state index in [1.807, 2.05) is 48.5 Å². The van der Waals surface area contributed by atoms with E-state index in [9.17, 15) is 0 Å². The molecule has 0 atom stereocenters. The summed E-state index contributed by atoms with van der Waals surface area (Å²) in [6, 6.07) is 15.9. The average Bonchev–Trinajstić information content (AvgIpc) is 2.39. The molecule has 2 rings (SSSR count). The van der Waals surface area contributed by atoms with Gasteiger partial charge in [-0.15, -0.1) is 0 Å². The van der Waals surface area contributed by atoms with E-state index in [1.54, 1.807) is 12.2 Å². The normalized spacial score (nSPS) is 10.0. The summed E-state index contributed by atoms with van der Waals surface area (Å²) in [4.78, 5) is 0. The first-order valence-electron chi connectivity index (χ1n) is 5.80. The molecular weight excluding hydrogens is 334 g/mol. The van der Waals surface area contributed by atoms with Crippen molar-refractivity contribution in [1.82, 2.24) is 0 Å². The highest BCUT2D eigenvalue weighted by molar-refractivity contribution is 6.58. The average molecular weight is 344 g/mol. The minimum Gasteiger partial charge on any atom is -0.0709 e. The van der Waals surface area contributed by atoms with E-state index in [0.29, 0.717) is 0 Å².